The normalized spacial score (nSPS) is 12.9. The average molecular weight is 227 g/mol. The van der Waals surface area contributed by atoms with Gasteiger partial charge in [0.25, 0.3) is 0 Å². The quantitative estimate of drug-likeness (QED) is 0.845. The molecule has 0 saturated heterocycles. The minimum Gasteiger partial charge on any atom is -0.481 e. The Balaban J connectivity index is 3.10. The Morgan fingerprint density at radius 3 is 2.20 bits per heavy atom. The molecule has 0 aromatic carbocycles. The third-order valence-electron chi connectivity index (χ3n) is 2.32. The van der Waals surface area contributed by atoms with Crippen molar-refractivity contribution in [3.63, 3.8) is 0 Å². The summed E-state index contributed by atoms with van der Waals surface area (Å²) in [6, 6.07) is 0. The number of aliphatic carboxylic acids is 1. The Kier molecular flexibility index (Phi) is 2.92. The van der Waals surface area contributed by atoms with Gasteiger partial charge in [-0.15, -0.1) is 11.3 Å². The lowest BCUT2D eigenvalue weighted by atomic mass is 9.90. The van der Waals surface area contributed by atoms with E-state index in [4.69, 9.17) is 5.11 Å². The van der Waals surface area contributed by atoms with Crippen molar-refractivity contribution in [1.82, 2.24) is 4.98 Å². The molecular weight excluding hydrogens is 210 g/mol. The van der Waals surface area contributed by atoms with E-state index in [0.717, 1.165) is 5.01 Å². The van der Waals surface area contributed by atoms with E-state index >= 15 is 0 Å². The molecule has 4 heteroatoms. The molecule has 1 aromatic heterocycles. The summed E-state index contributed by atoms with van der Waals surface area (Å²) in [6.45, 7) is 9.57. The van der Waals surface area contributed by atoms with Gasteiger partial charge in [-0.25, -0.2) is 4.98 Å². The van der Waals surface area contributed by atoms with Crippen molar-refractivity contribution >= 4 is 17.3 Å². The first kappa shape index (κ1) is 12.2. The van der Waals surface area contributed by atoms with Gasteiger partial charge >= 0.3 is 5.97 Å². The van der Waals surface area contributed by atoms with Crippen LogP contribution in [0.3, 0.4) is 0 Å². The van der Waals surface area contributed by atoms with E-state index in [1.165, 1.54) is 11.3 Å². The van der Waals surface area contributed by atoms with Gasteiger partial charge in [0.2, 0.25) is 0 Å². The van der Waals surface area contributed by atoms with Gasteiger partial charge in [-0.2, -0.15) is 0 Å². The van der Waals surface area contributed by atoms with Crippen LogP contribution in [0.25, 0.3) is 0 Å². The van der Waals surface area contributed by atoms with E-state index in [9.17, 15) is 4.79 Å². The highest BCUT2D eigenvalue weighted by atomic mass is 32.1. The number of carbonyl (C=O) groups is 1. The summed E-state index contributed by atoms with van der Waals surface area (Å²) in [5, 5.41) is 11.9. The zero-order valence-corrected chi connectivity index (χ0v) is 10.6. The van der Waals surface area contributed by atoms with Crippen molar-refractivity contribution in [1.29, 1.82) is 0 Å². The first-order valence-electron chi connectivity index (χ1n) is 4.85. The highest BCUT2D eigenvalue weighted by molar-refractivity contribution is 7.09. The van der Waals surface area contributed by atoms with Crippen molar-refractivity contribution < 1.29 is 9.90 Å². The van der Waals surface area contributed by atoms with E-state index < -0.39 is 11.4 Å². The second-order valence-electron chi connectivity index (χ2n) is 5.22. The fraction of sp³-hybridized carbons (Fsp3) is 0.636. The third kappa shape index (κ3) is 2.37. The minimum absolute atomic E-state index is 0.0164. The van der Waals surface area contributed by atoms with E-state index in [-0.39, 0.29) is 5.41 Å². The number of rotatable bonds is 2. The van der Waals surface area contributed by atoms with Gasteiger partial charge in [0.15, 0.2) is 0 Å². The average Bonchev–Trinajstić information content (AvgIpc) is 2.50. The zero-order chi connectivity index (χ0) is 11.9. The van der Waals surface area contributed by atoms with Crippen LogP contribution in [-0.2, 0) is 15.6 Å². The lowest BCUT2D eigenvalue weighted by Gasteiger charge is -2.17. The lowest BCUT2D eigenvalue weighted by molar-refractivity contribution is -0.142. The van der Waals surface area contributed by atoms with E-state index in [1.54, 1.807) is 13.8 Å². The first-order valence-corrected chi connectivity index (χ1v) is 5.73. The van der Waals surface area contributed by atoms with Crippen molar-refractivity contribution in [2.45, 2.75) is 45.4 Å². The van der Waals surface area contributed by atoms with Crippen LogP contribution in [0.4, 0.5) is 0 Å². The third-order valence-corrected chi connectivity index (χ3v) is 3.59. The molecule has 0 atom stereocenters. The smallest absolute Gasteiger partial charge is 0.315 e. The molecule has 0 bridgehead atoms. The molecular formula is C11H17NO2S. The standard InChI is InChI=1S/C11H17NO2S/c1-10(2,3)8-12-7(6-15-8)11(4,5)9(13)14/h6H,1-5H3,(H,13,14). The summed E-state index contributed by atoms with van der Waals surface area (Å²) in [6.07, 6.45) is 0. The van der Waals surface area contributed by atoms with E-state index in [0.29, 0.717) is 5.69 Å². The lowest BCUT2D eigenvalue weighted by Crippen LogP contribution is -2.29. The first-order chi connectivity index (χ1) is 6.65. The molecule has 1 aromatic rings. The predicted molar refractivity (Wildman–Crippen MR) is 61.5 cm³/mol. The van der Waals surface area contributed by atoms with Crippen LogP contribution in [0.2, 0.25) is 0 Å². The van der Waals surface area contributed by atoms with Crippen molar-refractivity contribution in [2.75, 3.05) is 0 Å². The number of nitrogens with zero attached hydrogens (tertiary/aromatic N) is 1. The maximum Gasteiger partial charge on any atom is 0.315 e. The molecule has 1 N–H and O–H groups in total. The molecule has 0 aliphatic rings. The second kappa shape index (κ2) is 3.59. The molecule has 0 aliphatic heterocycles. The highest BCUT2D eigenvalue weighted by Gasteiger charge is 2.33. The summed E-state index contributed by atoms with van der Waals surface area (Å²) >= 11 is 1.53. The van der Waals surface area contributed by atoms with Crippen LogP contribution in [-0.4, -0.2) is 16.1 Å². The van der Waals surface area contributed by atoms with Crippen LogP contribution in [0.5, 0.6) is 0 Å². The van der Waals surface area contributed by atoms with Crippen LogP contribution < -0.4 is 0 Å². The van der Waals surface area contributed by atoms with Crippen LogP contribution in [0.15, 0.2) is 5.38 Å². The molecule has 0 fully saturated rings. The highest BCUT2D eigenvalue weighted by Crippen LogP contribution is 2.30. The van der Waals surface area contributed by atoms with Gasteiger partial charge in [0.05, 0.1) is 10.7 Å². The number of aromatic nitrogens is 1. The molecule has 0 aliphatic carbocycles. The molecule has 0 radical (unpaired) electrons. The monoisotopic (exact) mass is 227 g/mol. The number of carboxylic acid groups (broad SMARTS) is 1. The van der Waals surface area contributed by atoms with Gasteiger partial charge in [-0.3, -0.25) is 4.79 Å². The fourth-order valence-electron chi connectivity index (χ4n) is 1.01. The molecule has 1 heterocycles. The van der Waals surface area contributed by atoms with Gasteiger partial charge in [0.1, 0.15) is 5.41 Å². The van der Waals surface area contributed by atoms with Gasteiger partial charge in [0, 0.05) is 10.8 Å². The van der Waals surface area contributed by atoms with Crippen LogP contribution in [0.1, 0.15) is 45.3 Å². The molecule has 0 amide bonds. The summed E-state index contributed by atoms with van der Waals surface area (Å²) in [7, 11) is 0. The topological polar surface area (TPSA) is 50.2 Å². The summed E-state index contributed by atoms with van der Waals surface area (Å²) in [5.41, 5.74) is -0.276. The molecule has 0 saturated carbocycles. The van der Waals surface area contributed by atoms with E-state index in [2.05, 4.69) is 25.8 Å². The summed E-state index contributed by atoms with van der Waals surface area (Å²) < 4.78 is 0. The molecule has 15 heavy (non-hydrogen) atoms. The SMILES string of the molecule is CC(C)(C)c1nc(C(C)(C)C(=O)O)cs1. The molecule has 3 nitrogen and oxygen atoms in total. The van der Waals surface area contributed by atoms with Crippen LogP contribution in [0, 0.1) is 0 Å². The Morgan fingerprint density at radius 1 is 1.33 bits per heavy atom. The van der Waals surface area contributed by atoms with Gasteiger partial charge < -0.3 is 5.11 Å². The number of thiazole rings is 1. The van der Waals surface area contributed by atoms with Crippen molar-refractivity contribution in [3.8, 4) is 0 Å². The maximum absolute atomic E-state index is 11.0. The van der Waals surface area contributed by atoms with E-state index in [1.807, 2.05) is 5.38 Å². The minimum atomic E-state index is -0.903. The zero-order valence-electron chi connectivity index (χ0n) is 9.79. The molecule has 1 rings (SSSR count). The molecule has 0 spiro atoms. The predicted octanol–water partition coefficient (Wildman–Crippen LogP) is 2.80. The maximum atomic E-state index is 11.0. The molecule has 0 unspecified atom stereocenters. The van der Waals surface area contributed by atoms with Crippen molar-refractivity contribution in [3.05, 3.63) is 16.1 Å². The number of hydrogen-bond acceptors (Lipinski definition) is 3. The summed E-state index contributed by atoms with van der Waals surface area (Å²) in [4.78, 5) is 15.5. The summed E-state index contributed by atoms with van der Waals surface area (Å²) in [5.74, 6) is -0.840. The Bertz CT molecular complexity index is 374. The molecule has 84 valence electrons. The fourth-order valence-corrected chi connectivity index (χ4v) is 2.09. The largest absolute Gasteiger partial charge is 0.481 e. The second-order valence-corrected chi connectivity index (χ2v) is 6.08. The number of carboxylic acids is 1. The number of hydrogen-bond donors (Lipinski definition) is 1. The Labute approximate surface area is 94.2 Å². The van der Waals surface area contributed by atoms with Crippen molar-refractivity contribution in [2.24, 2.45) is 0 Å². The van der Waals surface area contributed by atoms with Crippen LogP contribution >= 0.6 is 11.3 Å². The Morgan fingerprint density at radius 2 is 1.87 bits per heavy atom. The van der Waals surface area contributed by atoms with Gasteiger partial charge in [-0.1, -0.05) is 20.8 Å². The Hall–Kier alpha value is -0.900. The van der Waals surface area contributed by atoms with Gasteiger partial charge in [-0.05, 0) is 13.8 Å².